The number of nitrogens with zero attached hydrogens (tertiary/aromatic N) is 4. The SMILES string of the molecule is CC(C)(O)c1cn(Cc2cccc(Nc3sc(-c4ccccc4O)cc3C(N)=O)n2)nn1. The molecule has 10 heteroatoms. The molecule has 1 aromatic carbocycles. The average molecular weight is 451 g/mol. The number of carbonyl (C=O) groups excluding carboxylic acids is 1. The number of thiophene rings is 1. The molecule has 0 bridgehead atoms. The Morgan fingerprint density at radius 2 is 2.00 bits per heavy atom. The molecule has 0 aliphatic carbocycles. The third-order valence-electron chi connectivity index (χ3n) is 4.70. The molecule has 5 N–H and O–H groups in total. The fourth-order valence-corrected chi connectivity index (χ4v) is 4.16. The Hall–Kier alpha value is -3.76. The number of aromatic hydroxyl groups is 1. The number of nitrogens with one attached hydrogen (secondary N) is 1. The molecule has 164 valence electrons. The van der Waals surface area contributed by atoms with E-state index in [2.05, 4.69) is 20.6 Å². The number of hydrogen-bond donors (Lipinski definition) is 4. The van der Waals surface area contributed by atoms with E-state index in [0.717, 1.165) is 0 Å². The maximum atomic E-state index is 12.0. The maximum Gasteiger partial charge on any atom is 0.251 e. The van der Waals surface area contributed by atoms with Gasteiger partial charge in [0.15, 0.2) is 0 Å². The lowest BCUT2D eigenvalue weighted by atomic mass is 10.1. The number of phenolic OH excluding ortho intramolecular Hbond substituents is 1. The van der Waals surface area contributed by atoms with Gasteiger partial charge in [-0.1, -0.05) is 23.4 Å². The molecular formula is C22H22N6O3S. The molecule has 0 unspecified atom stereocenters. The van der Waals surface area contributed by atoms with Crippen molar-refractivity contribution < 1.29 is 15.0 Å². The molecule has 3 aromatic heterocycles. The second kappa shape index (κ2) is 8.40. The fraction of sp³-hybridized carbons (Fsp3) is 0.182. The first kappa shape index (κ1) is 21.5. The predicted octanol–water partition coefficient (Wildman–Crippen LogP) is 3.23. The molecule has 32 heavy (non-hydrogen) atoms. The first-order valence-electron chi connectivity index (χ1n) is 9.78. The van der Waals surface area contributed by atoms with Crippen molar-refractivity contribution in [1.82, 2.24) is 20.0 Å². The van der Waals surface area contributed by atoms with E-state index in [1.165, 1.54) is 11.3 Å². The number of rotatable bonds is 7. The third-order valence-corrected chi connectivity index (χ3v) is 5.79. The molecule has 0 aliphatic heterocycles. The standard InChI is InChI=1S/C22H22N6O3S/c1-22(2,31)18-12-28(27-26-18)11-13-6-5-9-19(24-13)25-21-15(20(23)30)10-17(32-21)14-7-3-4-8-16(14)29/h3-10,12,29,31H,11H2,1-2H3,(H2,23,30)(H,24,25). The van der Waals surface area contributed by atoms with Crippen LogP contribution in [0.5, 0.6) is 5.75 Å². The number of aliphatic hydroxyl groups is 1. The molecular weight excluding hydrogens is 428 g/mol. The van der Waals surface area contributed by atoms with Crippen molar-refractivity contribution in [3.8, 4) is 16.2 Å². The summed E-state index contributed by atoms with van der Waals surface area (Å²) in [6.07, 6.45) is 1.67. The van der Waals surface area contributed by atoms with Crippen LogP contribution in [0.2, 0.25) is 0 Å². The zero-order valence-corrected chi connectivity index (χ0v) is 18.3. The molecule has 0 saturated carbocycles. The summed E-state index contributed by atoms with van der Waals surface area (Å²) in [7, 11) is 0. The highest BCUT2D eigenvalue weighted by Gasteiger charge is 2.20. The van der Waals surface area contributed by atoms with Crippen LogP contribution in [0.4, 0.5) is 10.8 Å². The number of carbonyl (C=O) groups is 1. The minimum absolute atomic E-state index is 0.120. The number of primary amides is 1. The smallest absolute Gasteiger partial charge is 0.251 e. The van der Waals surface area contributed by atoms with Crippen LogP contribution in [0.1, 0.15) is 35.6 Å². The summed E-state index contributed by atoms with van der Waals surface area (Å²) < 4.78 is 1.59. The van der Waals surface area contributed by atoms with Gasteiger partial charge < -0.3 is 21.3 Å². The summed E-state index contributed by atoms with van der Waals surface area (Å²) >= 11 is 1.30. The van der Waals surface area contributed by atoms with Crippen LogP contribution >= 0.6 is 11.3 Å². The Labute approximate surface area is 188 Å². The largest absolute Gasteiger partial charge is 0.507 e. The van der Waals surface area contributed by atoms with Gasteiger partial charge in [-0.05, 0) is 44.2 Å². The summed E-state index contributed by atoms with van der Waals surface area (Å²) in [4.78, 5) is 17.3. The van der Waals surface area contributed by atoms with E-state index in [1.54, 1.807) is 55.1 Å². The zero-order chi connectivity index (χ0) is 22.9. The first-order valence-corrected chi connectivity index (χ1v) is 10.6. The first-order chi connectivity index (χ1) is 15.2. The van der Waals surface area contributed by atoms with Crippen LogP contribution in [0.3, 0.4) is 0 Å². The van der Waals surface area contributed by atoms with Gasteiger partial charge in [-0.15, -0.1) is 16.4 Å². The highest BCUT2D eigenvalue weighted by atomic mass is 32.1. The van der Waals surface area contributed by atoms with Gasteiger partial charge in [-0.2, -0.15) is 0 Å². The minimum atomic E-state index is -1.08. The lowest BCUT2D eigenvalue weighted by Crippen LogP contribution is -2.15. The molecule has 0 fully saturated rings. The Balaban J connectivity index is 1.59. The molecule has 9 nitrogen and oxygen atoms in total. The van der Waals surface area contributed by atoms with E-state index in [-0.39, 0.29) is 5.75 Å². The van der Waals surface area contributed by atoms with Crippen LogP contribution in [0.15, 0.2) is 54.7 Å². The number of phenols is 1. The van der Waals surface area contributed by atoms with Crippen molar-refractivity contribution in [2.45, 2.75) is 26.0 Å². The van der Waals surface area contributed by atoms with Crippen molar-refractivity contribution in [2.75, 3.05) is 5.32 Å². The van der Waals surface area contributed by atoms with Gasteiger partial charge in [0.25, 0.3) is 5.91 Å². The molecule has 1 amide bonds. The molecule has 3 heterocycles. The Morgan fingerprint density at radius 3 is 2.69 bits per heavy atom. The van der Waals surface area contributed by atoms with Gasteiger partial charge in [0.2, 0.25) is 0 Å². The van der Waals surface area contributed by atoms with E-state index >= 15 is 0 Å². The Bertz CT molecular complexity index is 1270. The second-order valence-corrected chi connectivity index (χ2v) is 8.79. The molecule has 4 rings (SSSR count). The molecule has 0 spiro atoms. The molecule has 0 aliphatic rings. The van der Waals surface area contributed by atoms with Crippen molar-refractivity contribution >= 4 is 28.1 Å². The summed E-state index contributed by atoms with van der Waals surface area (Å²) in [6, 6.07) is 14.0. The average Bonchev–Trinajstić information content (AvgIpc) is 3.36. The highest BCUT2D eigenvalue weighted by molar-refractivity contribution is 7.20. The van der Waals surface area contributed by atoms with Crippen molar-refractivity contribution in [2.24, 2.45) is 5.73 Å². The van der Waals surface area contributed by atoms with Crippen molar-refractivity contribution in [1.29, 1.82) is 0 Å². The monoisotopic (exact) mass is 450 g/mol. The van der Waals surface area contributed by atoms with E-state index in [0.29, 0.717) is 44.8 Å². The number of para-hydroxylation sites is 1. The number of anilines is 2. The fourth-order valence-electron chi connectivity index (χ4n) is 3.06. The Kier molecular flexibility index (Phi) is 5.64. The van der Waals surface area contributed by atoms with Crippen molar-refractivity contribution in [3.63, 3.8) is 0 Å². The van der Waals surface area contributed by atoms with E-state index in [4.69, 9.17) is 5.73 Å². The van der Waals surface area contributed by atoms with Gasteiger partial charge in [0.1, 0.15) is 27.9 Å². The molecule has 0 radical (unpaired) electrons. The van der Waals surface area contributed by atoms with Crippen LogP contribution in [0, 0.1) is 0 Å². The third kappa shape index (κ3) is 4.61. The lowest BCUT2D eigenvalue weighted by molar-refractivity contribution is 0.0737. The highest BCUT2D eigenvalue weighted by Crippen LogP contribution is 2.40. The lowest BCUT2D eigenvalue weighted by Gasteiger charge is -2.11. The normalized spacial score (nSPS) is 11.5. The maximum absolute atomic E-state index is 12.0. The summed E-state index contributed by atoms with van der Waals surface area (Å²) in [6.45, 7) is 3.64. The summed E-state index contributed by atoms with van der Waals surface area (Å²) in [5.74, 6) is 0.0662. The number of amides is 1. The zero-order valence-electron chi connectivity index (χ0n) is 17.5. The van der Waals surface area contributed by atoms with Gasteiger partial charge in [0.05, 0.1) is 24.0 Å². The number of benzene rings is 1. The molecule has 0 saturated heterocycles. The van der Waals surface area contributed by atoms with Crippen LogP contribution < -0.4 is 11.1 Å². The molecule has 0 atom stereocenters. The number of nitrogens with two attached hydrogens (primary N) is 1. The van der Waals surface area contributed by atoms with Gasteiger partial charge in [-0.25, -0.2) is 9.67 Å². The van der Waals surface area contributed by atoms with Crippen LogP contribution in [-0.4, -0.2) is 36.1 Å². The Morgan fingerprint density at radius 1 is 1.22 bits per heavy atom. The van der Waals surface area contributed by atoms with Gasteiger partial charge in [-0.3, -0.25) is 4.79 Å². The van der Waals surface area contributed by atoms with E-state index in [9.17, 15) is 15.0 Å². The van der Waals surface area contributed by atoms with E-state index in [1.807, 2.05) is 18.2 Å². The molecule has 4 aromatic rings. The summed E-state index contributed by atoms with van der Waals surface area (Å²) in [5, 5.41) is 31.9. The number of aromatic nitrogens is 4. The number of pyridine rings is 1. The minimum Gasteiger partial charge on any atom is -0.507 e. The van der Waals surface area contributed by atoms with E-state index < -0.39 is 11.5 Å². The van der Waals surface area contributed by atoms with Crippen LogP contribution in [0.25, 0.3) is 10.4 Å². The number of hydrogen-bond acceptors (Lipinski definition) is 8. The van der Waals surface area contributed by atoms with Gasteiger partial charge in [0, 0.05) is 10.4 Å². The quantitative estimate of drug-likeness (QED) is 0.339. The second-order valence-electron chi connectivity index (χ2n) is 7.73. The topological polar surface area (TPSA) is 139 Å². The van der Waals surface area contributed by atoms with Crippen molar-refractivity contribution in [3.05, 3.63) is 71.7 Å². The summed E-state index contributed by atoms with van der Waals surface area (Å²) in [5.41, 5.74) is 6.59. The van der Waals surface area contributed by atoms with Crippen LogP contribution in [-0.2, 0) is 12.1 Å². The van der Waals surface area contributed by atoms with Gasteiger partial charge >= 0.3 is 0 Å². The predicted molar refractivity (Wildman–Crippen MR) is 122 cm³/mol.